The molecule has 0 radical (unpaired) electrons. The van der Waals surface area contributed by atoms with Crippen LogP contribution in [0, 0.1) is 0 Å². The number of nitrogens with zero attached hydrogens (tertiary/aromatic N) is 2. The van der Waals surface area contributed by atoms with Gasteiger partial charge in [0.1, 0.15) is 12.3 Å². The maximum Gasteiger partial charge on any atom is 0.269 e. The number of hydrogen-bond donors (Lipinski definition) is 1. The van der Waals surface area contributed by atoms with Crippen LogP contribution in [0.4, 0.5) is 11.5 Å². The number of carbonyl (C=O) groups excluding carboxylic acids is 2. The molecule has 0 spiro atoms. The molecular formula is C20H23N3O4. The first-order valence-electron chi connectivity index (χ1n) is 8.93. The molecule has 142 valence electrons. The number of nitrogens with one attached hydrogen (secondary N) is 1. The molecule has 1 atom stereocenters. The normalized spacial score (nSPS) is 14.3. The Morgan fingerprint density at radius 3 is 2.78 bits per heavy atom. The first kappa shape index (κ1) is 18.8. The first-order valence-corrected chi connectivity index (χ1v) is 8.93. The summed E-state index contributed by atoms with van der Waals surface area (Å²) >= 11 is 0. The van der Waals surface area contributed by atoms with Gasteiger partial charge in [-0.05, 0) is 42.7 Å². The predicted octanol–water partition coefficient (Wildman–Crippen LogP) is 2.41. The Kier molecular flexibility index (Phi) is 6.03. The van der Waals surface area contributed by atoms with Crippen LogP contribution in [0.5, 0.6) is 5.75 Å². The van der Waals surface area contributed by atoms with Gasteiger partial charge in [0, 0.05) is 13.3 Å². The van der Waals surface area contributed by atoms with Gasteiger partial charge in [0.25, 0.3) is 5.91 Å². The van der Waals surface area contributed by atoms with Crippen molar-refractivity contribution in [3.63, 3.8) is 0 Å². The van der Waals surface area contributed by atoms with Crippen molar-refractivity contribution >= 4 is 23.3 Å². The highest BCUT2D eigenvalue weighted by atomic mass is 16.5. The Hall–Kier alpha value is -2.93. The fraction of sp³-hybridized carbons (Fsp3) is 0.350. The van der Waals surface area contributed by atoms with Crippen molar-refractivity contribution < 1.29 is 19.1 Å². The Morgan fingerprint density at radius 2 is 2.07 bits per heavy atom. The minimum absolute atomic E-state index is 0.0708. The van der Waals surface area contributed by atoms with Crippen LogP contribution in [-0.2, 0) is 20.7 Å². The summed E-state index contributed by atoms with van der Waals surface area (Å²) in [5.74, 6) is 0.523. The maximum absolute atomic E-state index is 13.0. The molecule has 1 N–H and O–H groups in total. The fourth-order valence-corrected chi connectivity index (χ4v) is 2.90. The molecule has 7 heteroatoms. The van der Waals surface area contributed by atoms with Crippen LogP contribution >= 0.6 is 0 Å². The van der Waals surface area contributed by atoms with Crippen LogP contribution in [-0.4, -0.2) is 43.2 Å². The van der Waals surface area contributed by atoms with Gasteiger partial charge in [0.15, 0.2) is 11.9 Å². The molecule has 2 amide bonds. The zero-order valence-corrected chi connectivity index (χ0v) is 15.5. The summed E-state index contributed by atoms with van der Waals surface area (Å²) in [4.78, 5) is 30.6. The number of rotatable bonds is 7. The number of ether oxygens (including phenoxy) is 2. The second-order valence-electron chi connectivity index (χ2n) is 6.25. The minimum Gasteiger partial charge on any atom is -0.481 e. The molecule has 1 aliphatic heterocycles. The molecule has 1 aromatic heterocycles. The van der Waals surface area contributed by atoms with Crippen LogP contribution in [0.25, 0.3) is 0 Å². The monoisotopic (exact) mass is 369 g/mol. The van der Waals surface area contributed by atoms with Gasteiger partial charge in [-0.3, -0.25) is 14.5 Å². The van der Waals surface area contributed by atoms with E-state index in [1.807, 2.05) is 31.2 Å². The number of amides is 2. The lowest BCUT2D eigenvalue weighted by atomic mass is 10.1. The quantitative estimate of drug-likeness (QED) is 0.811. The molecule has 1 aromatic carbocycles. The van der Waals surface area contributed by atoms with Crippen molar-refractivity contribution in [2.24, 2.45) is 0 Å². The molecule has 0 aliphatic carbocycles. The zero-order valence-electron chi connectivity index (χ0n) is 15.5. The van der Waals surface area contributed by atoms with Gasteiger partial charge in [-0.1, -0.05) is 19.1 Å². The number of methoxy groups -OCH3 is 1. The van der Waals surface area contributed by atoms with E-state index < -0.39 is 6.10 Å². The Morgan fingerprint density at radius 1 is 1.30 bits per heavy atom. The third kappa shape index (κ3) is 4.43. The Bertz CT molecular complexity index is 807. The van der Waals surface area contributed by atoms with Gasteiger partial charge in [-0.25, -0.2) is 4.98 Å². The minimum atomic E-state index is -0.699. The molecule has 27 heavy (non-hydrogen) atoms. The van der Waals surface area contributed by atoms with Crippen LogP contribution in [0.3, 0.4) is 0 Å². The van der Waals surface area contributed by atoms with Gasteiger partial charge >= 0.3 is 0 Å². The first-order chi connectivity index (χ1) is 13.1. The standard InChI is InChI=1S/C20H23N3O4/c1-3-17(27-15-8-6-14(7-9-15)10-12-26-2)20(25)23-13-18(24)22-16-5-4-11-21-19(16)23/h4-9,11,17H,3,10,12-13H2,1-2H3,(H,22,24). The van der Waals surface area contributed by atoms with Crippen LogP contribution in [0.15, 0.2) is 42.6 Å². The number of aromatic nitrogens is 1. The molecule has 0 bridgehead atoms. The van der Waals surface area contributed by atoms with E-state index in [-0.39, 0.29) is 18.4 Å². The average Bonchev–Trinajstić information content (AvgIpc) is 2.70. The van der Waals surface area contributed by atoms with E-state index in [4.69, 9.17) is 9.47 Å². The Balaban J connectivity index is 1.74. The van der Waals surface area contributed by atoms with E-state index in [0.29, 0.717) is 30.3 Å². The van der Waals surface area contributed by atoms with Crippen molar-refractivity contribution in [1.29, 1.82) is 0 Å². The summed E-state index contributed by atoms with van der Waals surface area (Å²) in [6, 6.07) is 11.0. The second-order valence-corrected chi connectivity index (χ2v) is 6.25. The van der Waals surface area contributed by atoms with Gasteiger partial charge < -0.3 is 14.8 Å². The van der Waals surface area contributed by atoms with Crippen LogP contribution in [0.1, 0.15) is 18.9 Å². The van der Waals surface area contributed by atoms with Gasteiger partial charge in [-0.15, -0.1) is 0 Å². The predicted molar refractivity (Wildman–Crippen MR) is 102 cm³/mol. The number of fused-ring (bicyclic) bond motifs is 1. The molecule has 2 aromatic rings. The summed E-state index contributed by atoms with van der Waals surface area (Å²) in [5.41, 5.74) is 1.66. The molecule has 2 heterocycles. The molecule has 0 saturated carbocycles. The summed E-state index contributed by atoms with van der Waals surface area (Å²) in [6.07, 6.45) is 2.19. The summed E-state index contributed by atoms with van der Waals surface area (Å²) in [6.45, 7) is 2.46. The molecule has 1 aliphatic rings. The van der Waals surface area contributed by atoms with E-state index in [0.717, 1.165) is 12.0 Å². The number of pyridine rings is 1. The lowest BCUT2D eigenvalue weighted by Gasteiger charge is -2.30. The molecule has 0 fully saturated rings. The summed E-state index contributed by atoms with van der Waals surface area (Å²) in [7, 11) is 1.67. The van der Waals surface area contributed by atoms with Gasteiger partial charge in [-0.2, -0.15) is 0 Å². The van der Waals surface area contributed by atoms with E-state index in [9.17, 15) is 9.59 Å². The van der Waals surface area contributed by atoms with Crippen LogP contribution < -0.4 is 15.0 Å². The largest absolute Gasteiger partial charge is 0.481 e. The number of hydrogen-bond acceptors (Lipinski definition) is 5. The zero-order chi connectivity index (χ0) is 19.2. The lowest BCUT2D eigenvalue weighted by Crippen LogP contribution is -2.48. The highest BCUT2D eigenvalue weighted by Crippen LogP contribution is 2.27. The molecule has 7 nitrogen and oxygen atoms in total. The van der Waals surface area contributed by atoms with E-state index >= 15 is 0 Å². The topological polar surface area (TPSA) is 80.8 Å². The number of carbonyl (C=O) groups is 2. The van der Waals surface area contributed by atoms with E-state index in [1.54, 1.807) is 25.4 Å². The third-order valence-corrected chi connectivity index (χ3v) is 4.33. The summed E-state index contributed by atoms with van der Waals surface area (Å²) in [5, 5.41) is 2.73. The van der Waals surface area contributed by atoms with Gasteiger partial charge in [0.05, 0.1) is 12.3 Å². The SMILES string of the molecule is CCC(Oc1ccc(CCOC)cc1)C(=O)N1CC(=O)Nc2cccnc21. The second kappa shape index (κ2) is 8.64. The lowest BCUT2D eigenvalue weighted by molar-refractivity contribution is -0.127. The van der Waals surface area contributed by atoms with Crippen LogP contribution in [0.2, 0.25) is 0 Å². The van der Waals surface area contributed by atoms with Crippen molar-refractivity contribution in [3.05, 3.63) is 48.2 Å². The molecular weight excluding hydrogens is 346 g/mol. The third-order valence-electron chi connectivity index (χ3n) is 4.33. The van der Waals surface area contributed by atoms with Crippen molar-refractivity contribution in [2.45, 2.75) is 25.9 Å². The average molecular weight is 369 g/mol. The van der Waals surface area contributed by atoms with Crippen molar-refractivity contribution in [3.8, 4) is 5.75 Å². The highest BCUT2D eigenvalue weighted by molar-refractivity contribution is 6.10. The fourth-order valence-electron chi connectivity index (χ4n) is 2.90. The van der Waals surface area contributed by atoms with Gasteiger partial charge in [0.2, 0.25) is 5.91 Å². The molecule has 0 saturated heterocycles. The van der Waals surface area contributed by atoms with E-state index in [1.165, 1.54) is 4.90 Å². The summed E-state index contributed by atoms with van der Waals surface area (Å²) < 4.78 is 11.0. The molecule has 1 unspecified atom stereocenters. The molecule has 3 rings (SSSR count). The smallest absolute Gasteiger partial charge is 0.269 e. The highest BCUT2D eigenvalue weighted by Gasteiger charge is 2.32. The Labute approximate surface area is 158 Å². The maximum atomic E-state index is 13.0. The van der Waals surface area contributed by atoms with Crippen molar-refractivity contribution in [2.75, 3.05) is 30.5 Å². The van der Waals surface area contributed by atoms with E-state index in [2.05, 4.69) is 10.3 Å². The number of benzene rings is 1. The van der Waals surface area contributed by atoms with Crippen molar-refractivity contribution in [1.82, 2.24) is 4.98 Å². The number of anilines is 2.